The minimum Gasteiger partial charge on any atom is -0.481 e. The van der Waals surface area contributed by atoms with Crippen molar-refractivity contribution in [3.05, 3.63) is 125 Å². The number of anilines is 1. The maximum Gasteiger partial charge on any atom is 0.305 e. The first-order valence-electron chi connectivity index (χ1n) is 15.1. The quantitative estimate of drug-likeness (QED) is 0.172. The lowest BCUT2D eigenvalue weighted by atomic mass is 9.83. The first-order chi connectivity index (χ1) is 21.0. The van der Waals surface area contributed by atoms with Crippen LogP contribution in [0, 0.1) is 0 Å². The zero-order valence-electron chi connectivity index (χ0n) is 24.3. The molecule has 0 aromatic heterocycles. The smallest absolute Gasteiger partial charge is 0.305 e. The fourth-order valence-electron chi connectivity index (χ4n) is 5.85. The Balaban J connectivity index is 1.35. The van der Waals surface area contributed by atoms with Gasteiger partial charge >= 0.3 is 5.97 Å². The van der Waals surface area contributed by atoms with Gasteiger partial charge in [0.25, 0.3) is 5.91 Å². The van der Waals surface area contributed by atoms with Crippen molar-refractivity contribution in [1.82, 2.24) is 5.32 Å². The Bertz CT molecular complexity index is 1530. The number of carboxylic acid groups (broad SMARTS) is 1. The molecule has 1 saturated carbocycles. The number of hydrogen-bond acceptors (Lipinski definition) is 3. The van der Waals surface area contributed by atoms with Crippen molar-refractivity contribution in [2.24, 2.45) is 0 Å². The van der Waals surface area contributed by atoms with Crippen molar-refractivity contribution in [2.45, 2.75) is 56.8 Å². The maximum atomic E-state index is 13.9. The van der Waals surface area contributed by atoms with E-state index in [4.69, 9.17) is 5.11 Å². The number of amides is 2. The number of benzene rings is 4. The lowest BCUT2D eigenvalue weighted by Crippen LogP contribution is -2.26. The molecule has 6 heteroatoms. The third-order valence-corrected chi connectivity index (χ3v) is 8.25. The van der Waals surface area contributed by atoms with Crippen LogP contribution in [0.4, 0.5) is 5.69 Å². The summed E-state index contributed by atoms with van der Waals surface area (Å²) in [4.78, 5) is 37.0. The van der Waals surface area contributed by atoms with E-state index in [1.54, 1.807) is 12.1 Å². The molecule has 0 spiro atoms. The Morgan fingerprint density at radius 1 is 0.767 bits per heavy atom. The molecule has 1 aliphatic carbocycles. The van der Waals surface area contributed by atoms with Crippen molar-refractivity contribution in [1.29, 1.82) is 0 Å². The molecule has 0 aliphatic heterocycles. The van der Waals surface area contributed by atoms with Crippen molar-refractivity contribution in [2.75, 3.05) is 11.9 Å². The summed E-state index contributed by atoms with van der Waals surface area (Å²) in [5.74, 6) is -1.22. The van der Waals surface area contributed by atoms with Gasteiger partial charge in [-0.1, -0.05) is 98.1 Å². The molecule has 220 valence electrons. The fraction of sp³-hybridized carbons (Fsp3) is 0.270. The first-order valence-corrected chi connectivity index (χ1v) is 15.1. The fourth-order valence-corrected chi connectivity index (χ4v) is 5.85. The average Bonchev–Trinajstić information content (AvgIpc) is 3.05. The molecule has 4 aromatic carbocycles. The minimum absolute atomic E-state index is 0.0699. The normalized spacial score (nSPS) is 14.0. The Morgan fingerprint density at radius 2 is 1.47 bits per heavy atom. The van der Waals surface area contributed by atoms with Gasteiger partial charge in [-0.3, -0.25) is 14.4 Å². The number of nitrogens with one attached hydrogen (secondary N) is 2. The average molecular weight is 575 g/mol. The second-order valence-electron chi connectivity index (χ2n) is 11.3. The van der Waals surface area contributed by atoms with E-state index in [9.17, 15) is 14.4 Å². The highest BCUT2D eigenvalue weighted by molar-refractivity contribution is 5.97. The van der Waals surface area contributed by atoms with Crippen LogP contribution in [0.5, 0.6) is 0 Å². The van der Waals surface area contributed by atoms with Crippen LogP contribution in [-0.2, 0) is 16.0 Å². The molecule has 4 aromatic rings. The molecule has 6 nitrogen and oxygen atoms in total. The lowest BCUT2D eigenvalue weighted by molar-refractivity contribution is -0.136. The van der Waals surface area contributed by atoms with Crippen LogP contribution in [0.15, 0.2) is 103 Å². The summed E-state index contributed by atoms with van der Waals surface area (Å²) in [7, 11) is 0. The summed E-state index contributed by atoms with van der Waals surface area (Å²) in [5.41, 5.74) is 6.53. The molecule has 1 unspecified atom stereocenters. The molecule has 0 saturated heterocycles. The largest absolute Gasteiger partial charge is 0.481 e. The predicted molar refractivity (Wildman–Crippen MR) is 170 cm³/mol. The molecule has 2 amide bonds. The van der Waals surface area contributed by atoms with Gasteiger partial charge in [0.05, 0.1) is 12.3 Å². The number of rotatable bonds is 11. The second-order valence-corrected chi connectivity index (χ2v) is 11.3. The Morgan fingerprint density at radius 3 is 2.16 bits per heavy atom. The van der Waals surface area contributed by atoms with Gasteiger partial charge in [-0.15, -0.1) is 0 Å². The summed E-state index contributed by atoms with van der Waals surface area (Å²) < 4.78 is 0. The minimum atomic E-state index is -0.960. The van der Waals surface area contributed by atoms with Crippen LogP contribution in [0.3, 0.4) is 0 Å². The predicted octanol–water partition coefficient (Wildman–Crippen LogP) is 7.57. The van der Waals surface area contributed by atoms with E-state index in [2.05, 4.69) is 34.9 Å². The highest BCUT2D eigenvalue weighted by atomic mass is 16.4. The number of aliphatic carboxylic acids is 1. The summed E-state index contributed by atoms with van der Waals surface area (Å²) in [6, 6.07) is 33.7. The van der Waals surface area contributed by atoms with Crippen LogP contribution in [0.2, 0.25) is 0 Å². The van der Waals surface area contributed by atoms with E-state index >= 15 is 0 Å². The monoisotopic (exact) mass is 574 g/mol. The van der Waals surface area contributed by atoms with Gasteiger partial charge in [0.1, 0.15) is 0 Å². The topological polar surface area (TPSA) is 95.5 Å². The highest BCUT2D eigenvalue weighted by Gasteiger charge is 2.23. The van der Waals surface area contributed by atoms with Crippen LogP contribution in [0.25, 0.3) is 11.1 Å². The van der Waals surface area contributed by atoms with Crippen molar-refractivity contribution < 1.29 is 19.5 Å². The maximum absolute atomic E-state index is 13.9. The number of carbonyl (C=O) groups excluding carboxylic acids is 2. The molecule has 3 N–H and O–H groups in total. The van der Waals surface area contributed by atoms with E-state index in [-0.39, 0.29) is 24.8 Å². The molecular formula is C37H38N2O4. The van der Waals surface area contributed by atoms with E-state index < -0.39 is 11.9 Å². The summed E-state index contributed by atoms with van der Waals surface area (Å²) in [6.07, 6.45) is 6.63. The molecule has 1 aliphatic rings. The van der Waals surface area contributed by atoms with Gasteiger partial charge in [-0.2, -0.15) is 0 Å². The van der Waals surface area contributed by atoms with Crippen molar-refractivity contribution in [3.63, 3.8) is 0 Å². The summed E-state index contributed by atoms with van der Waals surface area (Å²) >= 11 is 0. The number of carboxylic acids is 1. The third-order valence-electron chi connectivity index (χ3n) is 8.25. The second kappa shape index (κ2) is 14.5. The lowest BCUT2D eigenvalue weighted by Gasteiger charge is -2.23. The highest BCUT2D eigenvalue weighted by Crippen LogP contribution is 2.34. The molecule has 0 heterocycles. The molecule has 0 bridgehead atoms. The summed E-state index contributed by atoms with van der Waals surface area (Å²) in [5, 5.41) is 14.6. The molecule has 1 atom stereocenters. The van der Waals surface area contributed by atoms with Gasteiger partial charge in [0.15, 0.2) is 0 Å². The third kappa shape index (κ3) is 8.19. The zero-order chi connectivity index (χ0) is 30.0. The van der Waals surface area contributed by atoms with Gasteiger partial charge in [-0.05, 0) is 77.3 Å². The van der Waals surface area contributed by atoms with Gasteiger partial charge in [0.2, 0.25) is 5.91 Å². The molecule has 5 rings (SSSR count). The van der Waals surface area contributed by atoms with Gasteiger partial charge < -0.3 is 15.7 Å². The van der Waals surface area contributed by atoms with Crippen LogP contribution in [-0.4, -0.2) is 29.4 Å². The van der Waals surface area contributed by atoms with Gasteiger partial charge in [-0.25, -0.2) is 0 Å². The standard InChI is InChI=1S/C37H38N2O4/c40-35(41)22-23-38-36(42)31-16-14-26(15-17-31)24-34(30-20-18-29(19-21-30)27-8-3-1-4-9-27)37(43)39-33-13-7-12-32(25-33)28-10-5-2-6-11-28/h2,5-7,10-21,25,27,34H,1,3-4,8-9,22-24H2,(H,38,42)(H,39,43)(H,40,41). The van der Waals surface area contributed by atoms with Crippen molar-refractivity contribution in [3.8, 4) is 11.1 Å². The van der Waals surface area contributed by atoms with Crippen LogP contribution in [0.1, 0.15) is 77.4 Å². The van der Waals surface area contributed by atoms with Crippen molar-refractivity contribution >= 4 is 23.5 Å². The van der Waals surface area contributed by atoms with E-state index in [0.717, 1.165) is 27.9 Å². The van der Waals surface area contributed by atoms with E-state index in [1.165, 1.54) is 37.7 Å². The van der Waals surface area contributed by atoms with Crippen LogP contribution < -0.4 is 10.6 Å². The van der Waals surface area contributed by atoms with E-state index in [0.29, 0.717) is 17.9 Å². The molecule has 0 radical (unpaired) electrons. The number of hydrogen-bond donors (Lipinski definition) is 3. The Hall–Kier alpha value is -4.71. The zero-order valence-corrected chi connectivity index (χ0v) is 24.3. The molecule has 43 heavy (non-hydrogen) atoms. The Kier molecular flexibility index (Phi) is 10.0. The molecule has 1 fully saturated rings. The summed E-state index contributed by atoms with van der Waals surface area (Å²) in [6.45, 7) is 0.0699. The first kappa shape index (κ1) is 29.8. The Labute approximate surface area is 253 Å². The number of carbonyl (C=O) groups is 3. The SMILES string of the molecule is O=C(O)CCNC(=O)c1ccc(CC(C(=O)Nc2cccc(-c3ccccc3)c2)c2ccc(C3CCCCC3)cc2)cc1. The van der Waals surface area contributed by atoms with E-state index in [1.807, 2.05) is 66.7 Å². The van der Waals surface area contributed by atoms with Crippen LogP contribution >= 0.6 is 0 Å². The molecular weight excluding hydrogens is 536 g/mol. The van der Waals surface area contributed by atoms with Gasteiger partial charge in [0, 0.05) is 17.8 Å².